The Morgan fingerprint density at radius 2 is 2.05 bits per heavy atom. The van der Waals surface area contributed by atoms with Gasteiger partial charge in [0.05, 0.1) is 12.7 Å². The first-order chi connectivity index (χ1) is 9.15. The fraction of sp³-hybridized carbons (Fsp3) is 0.533. The van der Waals surface area contributed by atoms with E-state index in [4.69, 9.17) is 4.74 Å². The van der Waals surface area contributed by atoms with Crippen LogP contribution in [0.25, 0.3) is 0 Å². The molecule has 1 rings (SSSR count). The number of nitrogens with one attached hydrogen (secondary N) is 1. The fourth-order valence-electron chi connectivity index (χ4n) is 1.85. The third-order valence-electron chi connectivity index (χ3n) is 2.80. The molecule has 0 radical (unpaired) electrons. The summed E-state index contributed by atoms with van der Waals surface area (Å²) in [4.78, 5) is 11.9. The van der Waals surface area contributed by atoms with Crippen LogP contribution in [0.3, 0.4) is 0 Å². The van der Waals surface area contributed by atoms with Crippen molar-refractivity contribution in [1.82, 2.24) is 5.32 Å². The quantitative estimate of drug-likeness (QED) is 0.558. The summed E-state index contributed by atoms with van der Waals surface area (Å²) < 4.78 is 5.09. The number of carbonyl (C=O) groups is 1. The minimum atomic E-state index is -0.435. The highest BCUT2D eigenvalue weighted by Crippen LogP contribution is 2.14. The van der Waals surface area contributed by atoms with Crippen molar-refractivity contribution in [2.24, 2.45) is 0 Å². The average Bonchev–Trinajstić information content (AvgIpc) is 2.39. The maximum absolute atomic E-state index is 11.9. The molecule has 0 aliphatic rings. The lowest BCUT2D eigenvalue weighted by molar-refractivity contribution is -0.145. The minimum absolute atomic E-state index is 0.259. The van der Waals surface area contributed by atoms with Crippen LogP contribution in [0.1, 0.15) is 38.3 Å². The molecule has 0 heterocycles. The van der Waals surface area contributed by atoms with E-state index in [1.54, 1.807) is 13.8 Å². The first-order valence-electron chi connectivity index (χ1n) is 6.78. The number of hydrogen-bond donors (Lipinski definition) is 2. The molecule has 0 fully saturated rings. The van der Waals surface area contributed by atoms with Crippen LogP contribution in [-0.4, -0.2) is 30.3 Å². The fourth-order valence-corrected chi connectivity index (χ4v) is 1.85. The van der Waals surface area contributed by atoms with E-state index >= 15 is 0 Å². The Morgan fingerprint density at radius 3 is 2.63 bits per heavy atom. The molecule has 19 heavy (non-hydrogen) atoms. The zero-order valence-corrected chi connectivity index (χ0v) is 11.6. The number of carbonyl (C=O) groups excluding carboxylic acids is 1. The van der Waals surface area contributed by atoms with E-state index in [0.29, 0.717) is 13.2 Å². The summed E-state index contributed by atoms with van der Waals surface area (Å²) in [6.07, 6.45) is 1.23. The SMILES string of the molecule is CCOC(=O)C(NCCCC(C)O)c1ccccc1. The number of aliphatic hydroxyl groups excluding tert-OH is 1. The third kappa shape index (κ3) is 5.85. The molecule has 0 saturated heterocycles. The molecule has 2 atom stereocenters. The maximum Gasteiger partial charge on any atom is 0.327 e. The van der Waals surface area contributed by atoms with Crippen LogP contribution in [0.15, 0.2) is 30.3 Å². The van der Waals surface area contributed by atoms with Crippen LogP contribution >= 0.6 is 0 Å². The van der Waals surface area contributed by atoms with E-state index in [1.807, 2.05) is 30.3 Å². The molecular formula is C15H23NO3. The van der Waals surface area contributed by atoms with Gasteiger partial charge in [-0.1, -0.05) is 30.3 Å². The predicted molar refractivity (Wildman–Crippen MR) is 74.7 cm³/mol. The summed E-state index contributed by atoms with van der Waals surface area (Å²) in [7, 11) is 0. The van der Waals surface area contributed by atoms with Crippen molar-refractivity contribution in [2.45, 2.75) is 38.8 Å². The van der Waals surface area contributed by atoms with Gasteiger partial charge in [0.1, 0.15) is 6.04 Å². The van der Waals surface area contributed by atoms with E-state index in [1.165, 1.54) is 0 Å². The molecular weight excluding hydrogens is 242 g/mol. The number of benzene rings is 1. The Balaban J connectivity index is 2.58. The first-order valence-corrected chi connectivity index (χ1v) is 6.78. The van der Waals surface area contributed by atoms with Crippen LogP contribution in [0.2, 0.25) is 0 Å². The summed E-state index contributed by atoms with van der Waals surface area (Å²) in [5, 5.41) is 12.4. The Labute approximate surface area is 114 Å². The zero-order valence-electron chi connectivity index (χ0n) is 11.6. The monoisotopic (exact) mass is 265 g/mol. The number of ether oxygens (including phenoxy) is 1. The lowest BCUT2D eigenvalue weighted by atomic mass is 10.1. The minimum Gasteiger partial charge on any atom is -0.465 e. The van der Waals surface area contributed by atoms with E-state index in [2.05, 4.69) is 5.32 Å². The number of hydrogen-bond acceptors (Lipinski definition) is 4. The van der Waals surface area contributed by atoms with E-state index in [9.17, 15) is 9.90 Å². The van der Waals surface area contributed by atoms with Crippen molar-refractivity contribution in [1.29, 1.82) is 0 Å². The molecule has 4 nitrogen and oxygen atoms in total. The van der Waals surface area contributed by atoms with Gasteiger partial charge in [-0.25, -0.2) is 4.79 Å². The Bertz CT molecular complexity index is 365. The third-order valence-corrected chi connectivity index (χ3v) is 2.80. The van der Waals surface area contributed by atoms with Crippen molar-refractivity contribution in [3.8, 4) is 0 Å². The van der Waals surface area contributed by atoms with Crippen molar-refractivity contribution >= 4 is 5.97 Å². The molecule has 4 heteroatoms. The van der Waals surface area contributed by atoms with Gasteiger partial charge in [-0.2, -0.15) is 0 Å². The number of esters is 1. The first kappa shape index (κ1) is 15.7. The number of aliphatic hydroxyl groups is 1. The van der Waals surface area contributed by atoms with Gasteiger partial charge < -0.3 is 15.2 Å². The molecule has 1 aromatic rings. The topological polar surface area (TPSA) is 58.6 Å². The Morgan fingerprint density at radius 1 is 1.37 bits per heavy atom. The molecule has 2 unspecified atom stereocenters. The highest BCUT2D eigenvalue weighted by Gasteiger charge is 2.20. The van der Waals surface area contributed by atoms with Gasteiger partial charge in [0.2, 0.25) is 0 Å². The van der Waals surface area contributed by atoms with E-state index in [-0.39, 0.29) is 12.1 Å². The average molecular weight is 265 g/mol. The van der Waals surface area contributed by atoms with Gasteiger partial charge in [-0.05, 0) is 38.8 Å². The highest BCUT2D eigenvalue weighted by molar-refractivity contribution is 5.77. The molecule has 2 N–H and O–H groups in total. The van der Waals surface area contributed by atoms with Gasteiger partial charge in [0.25, 0.3) is 0 Å². The number of rotatable bonds is 8. The van der Waals surface area contributed by atoms with Crippen LogP contribution in [0.4, 0.5) is 0 Å². The second-order valence-electron chi connectivity index (χ2n) is 4.54. The van der Waals surface area contributed by atoms with Gasteiger partial charge in [0, 0.05) is 0 Å². The van der Waals surface area contributed by atoms with E-state index in [0.717, 1.165) is 18.4 Å². The largest absolute Gasteiger partial charge is 0.465 e. The van der Waals surface area contributed by atoms with Crippen molar-refractivity contribution in [2.75, 3.05) is 13.2 Å². The second kappa shape index (κ2) is 8.67. The van der Waals surface area contributed by atoms with Crippen molar-refractivity contribution < 1.29 is 14.6 Å². The summed E-state index contributed by atoms with van der Waals surface area (Å²) >= 11 is 0. The lowest BCUT2D eigenvalue weighted by Crippen LogP contribution is -2.31. The maximum atomic E-state index is 11.9. The van der Waals surface area contributed by atoms with Gasteiger partial charge in [-0.15, -0.1) is 0 Å². The predicted octanol–water partition coefficient (Wildman–Crippen LogP) is 2.04. The summed E-state index contributed by atoms with van der Waals surface area (Å²) in [6, 6.07) is 9.10. The smallest absolute Gasteiger partial charge is 0.327 e. The van der Waals surface area contributed by atoms with Gasteiger partial charge in [-0.3, -0.25) is 0 Å². The summed E-state index contributed by atoms with van der Waals surface area (Å²) in [6.45, 7) is 4.61. The molecule has 0 amide bonds. The normalized spacial score (nSPS) is 13.8. The van der Waals surface area contributed by atoms with Crippen LogP contribution in [-0.2, 0) is 9.53 Å². The van der Waals surface area contributed by atoms with Gasteiger partial charge in [0.15, 0.2) is 0 Å². The van der Waals surface area contributed by atoms with Crippen molar-refractivity contribution in [3.05, 3.63) is 35.9 Å². The van der Waals surface area contributed by atoms with Crippen LogP contribution < -0.4 is 5.32 Å². The summed E-state index contributed by atoms with van der Waals surface area (Å²) in [5.74, 6) is -0.259. The van der Waals surface area contributed by atoms with Crippen LogP contribution in [0, 0.1) is 0 Å². The standard InChI is InChI=1S/C15H23NO3/c1-3-19-15(18)14(13-9-5-4-6-10-13)16-11-7-8-12(2)17/h4-6,9-10,12,14,16-17H,3,7-8,11H2,1-2H3. The molecule has 0 aromatic heterocycles. The van der Waals surface area contributed by atoms with Gasteiger partial charge >= 0.3 is 5.97 Å². The summed E-state index contributed by atoms with van der Waals surface area (Å²) in [5.41, 5.74) is 0.901. The van der Waals surface area contributed by atoms with Crippen molar-refractivity contribution in [3.63, 3.8) is 0 Å². The molecule has 106 valence electrons. The molecule has 0 bridgehead atoms. The molecule has 0 spiro atoms. The molecule has 0 saturated carbocycles. The molecule has 0 aliphatic heterocycles. The molecule has 0 aliphatic carbocycles. The lowest BCUT2D eigenvalue weighted by Gasteiger charge is -2.17. The molecule has 1 aromatic carbocycles. The highest BCUT2D eigenvalue weighted by atomic mass is 16.5. The van der Waals surface area contributed by atoms with Crippen LogP contribution in [0.5, 0.6) is 0 Å². The Hall–Kier alpha value is -1.39. The second-order valence-corrected chi connectivity index (χ2v) is 4.54. The van der Waals surface area contributed by atoms with E-state index < -0.39 is 6.04 Å². The zero-order chi connectivity index (χ0) is 14.1. The Kier molecular flexibility index (Phi) is 7.15.